The van der Waals surface area contributed by atoms with Gasteiger partial charge in [0.1, 0.15) is 11.2 Å². The molecule has 3 amide bonds. The molecule has 1 atom stereocenters. The fraction of sp³-hybridized carbons (Fsp3) is 0.520. The van der Waals surface area contributed by atoms with E-state index < -0.39 is 11.4 Å². The van der Waals surface area contributed by atoms with E-state index in [4.69, 9.17) is 0 Å². The van der Waals surface area contributed by atoms with Gasteiger partial charge < -0.3 is 20.1 Å². The number of nitrogens with zero attached hydrogens (tertiary/aromatic N) is 3. The molecule has 33 heavy (non-hydrogen) atoms. The Morgan fingerprint density at radius 2 is 1.94 bits per heavy atom. The second-order valence-corrected chi connectivity index (χ2v) is 9.46. The summed E-state index contributed by atoms with van der Waals surface area (Å²) < 4.78 is 1.65. The van der Waals surface area contributed by atoms with Crippen molar-refractivity contribution in [3.63, 3.8) is 0 Å². The van der Waals surface area contributed by atoms with Crippen molar-refractivity contribution in [2.24, 2.45) is 0 Å². The topological polar surface area (TPSA) is 96.3 Å². The number of rotatable bonds is 6. The van der Waals surface area contributed by atoms with E-state index in [9.17, 15) is 14.4 Å². The van der Waals surface area contributed by atoms with Crippen LogP contribution in [-0.4, -0.2) is 50.3 Å². The summed E-state index contributed by atoms with van der Waals surface area (Å²) in [6, 6.07) is 5.85. The first-order valence-electron chi connectivity index (χ1n) is 11.8. The van der Waals surface area contributed by atoms with Crippen molar-refractivity contribution in [1.29, 1.82) is 0 Å². The average molecular weight is 452 g/mol. The van der Waals surface area contributed by atoms with Gasteiger partial charge in [0, 0.05) is 18.3 Å². The first-order chi connectivity index (χ1) is 15.8. The van der Waals surface area contributed by atoms with Crippen LogP contribution in [0.5, 0.6) is 0 Å². The summed E-state index contributed by atoms with van der Waals surface area (Å²) in [4.78, 5) is 46.0. The van der Waals surface area contributed by atoms with Crippen molar-refractivity contribution in [3.05, 3.63) is 47.0 Å². The maximum Gasteiger partial charge on any atom is 0.276 e. The van der Waals surface area contributed by atoms with E-state index in [0.717, 1.165) is 36.8 Å². The van der Waals surface area contributed by atoms with Crippen LogP contribution in [0.25, 0.3) is 0 Å². The fourth-order valence-electron chi connectivity index (χ4n) is 4.91. The van der Waals surface area contributed by atoms with E-state index in [2.05, 4.69) is 15.6 Å². The molecule has 2 aliphatic rings. The summed E-state index contributed by atoms with van der Waals surface area (Å²) in [6.45, 7) is 8.39. The molecule has 2 N–H and O–H groups in total. The number of carbonyl (C=O) groups is 3. The Morgan fingerprint density at radius 1 is 1.21 bits per heavy atom. The standard InChI is InChI=1S/C25H33N5O3/c1-5-13-30-23(32)21-20(22(31)28-19-12-8-9-16(2)17(19)3)26-15-29(21)14-25(30,4)24(33)27-18-10-6-7-11-18/h8-9,12,15,18H,5-7,10-11,13-14H2,1-4H3,(H,27,33)(H,28,31). The number of aryl methyl sites for hydroxylation is 1. The van der Waals surface area contributed by atoms with Crippen LogP contribution in [0.2, 0.25) is 0 Å². The SMILES string of the molecule is CCCN1C(=O)c2c(C(=O)Nc3cccc(C)c3C)ncn2CC1(C)C(=O)NC1CCCC1. The number of hydrogen-bond acceptors (Lipinski definition) is 4. The average Bonchev–Trinajstić information content (AvgIpc) is 3.44. The highest BCUT2D eigenvalue weighted by atomic mass is 16.2. The minimum Gasteiger partial charge on any atom is -0.351 e. The molecule has 1 fully saturated rings. The molecular formula is C25H33N5O3. The van der Waals surface area contributed by atoms with E-state index in [1.54, 1.807) is 9.47 Å². The summed E-state index contributed by atoms with van der Waals surface area (Å²) in [6.07, 6.45) is 6.38. The Bertz CT molecular complexity index is 1090. The van der Waals surface area contributed by atoms with E-state index in [1.165, 1.54) is 6.33 Å². The van der Waals surface area contributed by atoms with Gasteiger partial charge in [0.25, 0.3) is 11.8 Å². The summed E-state index contributed by atoms with van der Waals surface area (Å²) in [5.74, 6) is -0.908. The molecule has 0 spiro atoms. The second kappa shape index (κ2) is 9.00. The lowest BCUT2D eigenvalue weighted by molar-refractivity contribution is -0.133. The van der Waals surface area contributed by atoms with Gasteiger partial charge in [-0.05, 0) is 57.2 Å². The molecule has 2 heterocycles. The number of fused-ring (bicyclic) bond motifs is 1. The third-order valence-corrected chi connectivity index (χ3v) is 7.05. The molecule has 0 bridgehead atoms. The molecule has 4 rings (SSSR count). The van der Waals surface area contributed by atoms with Gasteiger partial charge in [-0.1, -0.05) is 31.9 Å². The van der Waals surface area contributed by atoms with Crippen LogP contribution in [0.3, 0.4) is 0 Å². The molecule has 176 valence electrons. The number of imidazole rings is 1. The van der Waals surface area contributed by atoms with E-state index in [-0.39, 0.29) is 35.8 Å². The lowest BCUT2D eigenvalue weighted by Crippen LogP contribution is -2.65. The first-order valence-corrected chi connectivity index (χ1v) is 11.8. The predicted octanol–water partition coefficient (Wildman–Crippen LogP) is 3.44. The number of nitrogens with one attached hydrogen (secondary N) is 2. The molecule has 0 radical (unpaired) electrons. The number of aromatic nitrogens is 2. The van der Waals surface area contributed by atoms with Gasteiger partial charge in [-0.15, -0.1) is 0 Å². The smallest absolute Gasteiger partial charge is 0.276 e. The number of amides is 3. The number of carbonyl (C=O) groups excluding carboxylic acids is 3. The first kappa shape index (κ1) is 23.0. The van der Waals surface area contributed by atoms with Crippen LogP contribution >= 0.6 is 0 Å². The maximum atomic E-state index is 13.6. The van der Waals surface area contributed by atoms with Crippen molar-refractivity contribution in [1.82, 2.24) is 19.8 Å². The maximum absolute atomic E-state index is 13.6. The van der Waals surface area contributed by atoms with Crippen LogP contribution in [0.4, 0.5) is 5.69 Å². The Labute approximate surface area is 194 Å². The summed E-state index contributed by atoms with van der Waals surface area (Å²) in [5.41, 5.74) is 2.00. The van der Waals surface area contributed by atoms with Gasteiger partial charge in [-0.3, -0.25) is 14.4 Å². The van der Waals surface area contributed by atoms with Crippen LogP contribution in [-0.2, 0) is 11.3 Å². The quantitative estimate of drug-likeness (QED) is 0.703. The van der Waals surface area contributed by atoms with Gasteiger partial charge in [0.15, 0.2) is 5.69 Å². The Balaban J connectivity index is 1.63. The molecule has 1 aromatic heterocycles. The van der Waals surface area contributed by atoms with Crippen molar-refractivity contribution in [2.75, 3.05) is 11.9 Å². The van der Waals surface area contributed by atoms with Gasteiger partial charge in [0.2, 0.25) is 5.91 Å². The molecule has 8 heteroatoms. The van der Waals surface area contributed by atoms with E-state index in [0.29, 0.717) is 18.7 Å². The van der Waals surface area contributed by atoms with Gasteiger partial charge >= 0.3 is 0 Å². The molecule has 0 saturated heterocycles. The molecule has 1 aliphatic carbocycles. The summed E-state index contributed by atoms with van der Waals surface area (Å²) in [5, 5.41) is 6.05. The Morgan fingerprint density at radius 3 is 2.64 bits per heavy atom. The van der Waals surface area contributed by atoms with E-state index >= 15 is 0 Å². The highest BCUT2D eigenvalue weighted by Crippen LogP contribution is 2.30. The monoisotopic (exact) mass is 451 g/mol. The van der Waals surface area contributed by atoms with Crippen molar-refractivity contribution < 1.29 is 14.4 Å². The van der Waals surface area contributed by atoms with Crippen LogP contribution in [0.15, 0.2) is 24.5 Å². The van der Waals surface area contributed by atoms with Crippen LogP contribution in [0, 0.1) is 13.8 Å². The van der Waals surface area contributed by atoms with Gasteiger partial charge in [-0.2, -0.15) is 0 Å². The fourth-order valence-corrected chi connectivity index (χ4v) is 4.91. The van der Waals surface area contributed by atoms with Crippen molar-refractivity contribution in [3.8, 4) is 0 Å². The minimum atomic E-state index is -1.04. The molecule has 2 aromatic rings. The van der Waals surface area contributed by atoms with Gasteiger partial charge in [-0.25, -0.2) is 4.98 Å². The molecule has 1 saturated carbocycles. The van der Waals surface area contributed by atoms with E-state index in [1.807, 2.05) is 45.9 Å². The Hall–Kier alpha value is -3.16. The van der Waals surface area contributed by atoms with Crippen molar-refractivity contribution >= 4 is 23.4 Å². The minimum absolute atomic E-state index is 0.0836. The Kier molecular flexibility index (Phi) is 6.28. The molecular weight excluding hydrogens is 418 g/mol. The highest BCUT2D eigenvalue weighted by molar-refractivity contribution is 6.11. The molecule has 1 unspecified atom stereocenters. The summed E-state index contributed by atoms with van der Waals surface area (Å²) in [7, 11) is 0. The zero-order chi connectivity index (χ0) is 23.8. The highest BCUT2D eigenvalue weighted by Gasteiger charge is 2.48. The predicted molar refractivity (Wildman–Crippen MR) is 126 cm³/mol. The lowest BCUT2D eigenvalue weighted by Gasteiger charge is -2.44. The number of hydrogen-bond donors (Lipinski definition) is 2. The second-order valence-electron chi connectivity index (χ2n) is 9.46. The normalized spacial score (nSPS) is 20.6. The van der Waals surface area contributed by atoms with Crippen molar-refractivity contribution in [2.45, 2.75) is 77.9 Å². The molecule has 8 nitrogen and oxygen atoms in total. The van der Waals surface area contributed by atoms with Crippen LogP contribution in [0.1, 0.15) is 78.1 Å². The lowest BCUT2D eigenvalue weighted by atomic mass is 9.93. The number of benzene rings is 1. The zero-order valence-corrected chi connectivity index (χ0v) is 19.9. The largest absolute Gasteiger partial charge is 0.351 e. The zero-order valence-electron chi connectivity index (χ0n) is 19.9. The third kappa shape index (κ3) is 4.14. The molecule has 1 aromatic carbocycles. The number of anilines is 1. The third-order valence-electron chi connectivity index (χ3n) is 7.05. The van der Waals surface area contributed by atoms with Crippen LogP contribution < -0.4 is 10.6 Å². The molecule has 1 aliphatic heterocycles. The van der Waals surface area contributed by atoms with Gasteiger partial charge in [0.05, 0.1) is 12.9 Å². The summed E-state index contributed by atoms with van der Waals surface area (Å²) >= 11 is 0.